The van der Waals surface area contributed by atoms with Gasteiger partial charge in [0.2, 0.25) is 0 Å². The fourth-order valence-corrected chi connectivity index (χ4v) is 6.22. The fourth-order valence-electron chi connectivity index (χ4n) is 6.22. The molecule has 6 heteroatoms. The van der Waals surface area contributed by atoms with Gasteiger partial charge in [0.1, 0.15) is 22.7 Å². The molecule has 0 bridgehead atoms. The van der Waals surface area contributed by atoms with E-state index in [-0.39, 0.29) is 5.92 Å². The van der Waals surface area contributed by atoms with Crippen LogP contribution in [0.4, 0.5) is 0 Å². The van der Waals surface area contributed by atoms with E-state index < -0.39 is 23.8 Å². The van der Waals surface area contributed by atoms with Crippen LogP contribution in [0.15, 0.2) is 127 Å². The quantitative estimate of drug-likeness (QED) is 0.110. The van der Waals surface area contributed by atoms with Gasteiger partial charge in [-0.2, -0.15) is 0 Å². The van der Waals surface area contributed by atoms with E-state index in [1.165, 1.54) is 0 Å². The Morgan fingerprint density at radius 3 is 1.57 bits per heavy atom. The Morgan fingerprint density at radius 1 is 0.652 bits per heavy atom. The van der Waals surface area contributed by atoms with E-state index in [4.69, 9.17) is 18.9 Å². The number of ether oxygens (including phenoxy) is 4. The van der Waals surface area contributed by atoms with E-state index in [0.717, 1.165) is 0 Å². The Balaban J connectivity index is 1.86. The standard InChI is InChI=1S/C40H44O6/c1-5-43-29(3)45-37-27-36(40(42,33-23-15-9-16-24-33)34-25-17-10-18-26-34)38(46-30(4)44-6-2)28-35(37)39(41,31-19-11-7-12-20-31)32-21-13-8-14-22-32/h7-25,27-30,34,41-42H,5-6,26H2,1-4H3. The Bertz CT molecular complexity index is 1560. The van der Waals surface area contributed by atoms with Gasteiger partial charge in [0, 0.05) is 30.3 Å². The predicted octanol–water partition coefficient (Wildman–Crippen LogP) is 7.86. The van der Waals surface area contributed by atoms with E-state index in [9.17, 15) is 10.2 Å². The first-order chi connectivity index (χ1) is 22.3. The fraction of sp³-hybridized carbons (Fsp3) is 0.300. The van der Waals surface area contributed by atoms with Crippen LogP contribution in [-0.2, 0) is 20.7 Å². The first-order valence-electron chi connectivity index (χ1n) is 16.0. The van der Waals surface area contributed by atoms with Gasteiger partial charge < -0.3 is 29.2 Å². The van der Waals surface area contributed by atoms with Crippen LogP contribution in [0.3, 0.4) is 0 Å². The summed E-state index contributed by atoms with van der Waals surface area (Å²) in [4.78, 5) is 0. The third-order valence-corrected chi connectivity index (χ3v) is 8.39. The Kier molecular flexibility index (Phi) is 10.8. The van der Waals surface area contributed by atoms with Crippen molar-refractivity contribution in [2.75, 3.05) is 13.2 Å². The van der Waals surface area contributed by atoms with Crippen molar-refractivity contribution in [3.05, 3.63) is 155 Å². The Hall–Kier alpha value is -4.20. The molecule has 0 amide bonds. The van der Waals surface area contributed by atoms with Gasteiger partial charge in [-0.25, -0.2) is 0 Å². The van der Waals surface area contributed by atoms with Gasteiger partial charge in [0.15, 0.2) is 12.6 Å². The molecule has 0 fully saturated rings. The van der Waals surface area contributed by atoms with Crippen LogP contribution in [0.5, 0.6) is 11.5 Å². The minimum absolute atomic E-state index is 0.324. The van der Waals surface area contributed by atoms with Crippen molar-refractivity contribution in [2.24, 2.45) is 5.92 Å². The molecule has 1 aliphatic carbocycles. The van der Waals surface area contributed by atoms with E-state index in [1.807, 2.05) is 137 Å². The molecule has 0 aromatic heterocycles. The van der Waals surface area contributed by atoms with Gasteiger partial charge in [0.25, 0.3) is 0 Å². The Morgan fingerprint density at radius 2 is 1.11 bits per heavy atom. The molecule has 4 aromatic rings. The van der Waals surface area contributed by atoms with Crippen LogP contribution >= 0.6 is 0 Å². The van der Waals surface area contributed by atoms with Crippen molar-refractivity contribution in [3.8, 4) is 11.5 Å². The molecule has 6 nitrogen and oxygen atoms in total. The van der Waals surface area contributed by atoms with Gasteiger partial charge >= 0.3 is 0 Å². The number of aliphatic hydroxyl groups is 2. The molecule has 0 saturated heterocycles. The summed E-state index contributed by atoms with van der Waals surface area (Å²) < 4.78 is 24.8. The highest BCUT2D eigenvalue weighted by molar-refractivity contribution is 5.60. The lowest BCUT2D eigenvalue weighted by atomic mass is 9.72. The summed E-state index contributed by atoms with van der Waals surface area (Å²) in [5.41, 5.74) is -0.280. The second-order valence-corrected chi connectivity index (χ2v) is 11.4. The average Bonchev–Trinajstić information content (AvgIpc) is 3.10. The highest BCUT2D eigenvalue weighted by atomic mass is 16.7. The highest BCUT2D eigenvalue weighted by Crippen LogP contribution is 2.50. The van der Waals surface area contributed by atoms with Crippen LogP contribution in [0.2, 0.25) is 0 Å². The lowest BCUT2D eigenvalue weighted by Crippen LogP contribution is -2.37. The minimum Gasteiger partial charge on any atom is -0.465 e. The monoisotopic (exact) mass is 620 g/mol. The molecule has 0 saturated carbocycles. The molecule has 0 radical (unpaired) electrons. The third-order valence-electron chi connectivity index (χ3n) is 8.39. The van der Waals surface area contributed by atoms with Crippen LogP contribution in [0, 0.1) is 5.92 Å². The molecule has 0 aliphatic heterocycles. The van der Waals surface area contributed by atoms with E-state index in [2.05, 4.69) is 6.08 Å². The van der Waals surface area contributed by atoms with Crippen LogP contribution in [0.25, 0.3) is 0 Å². The SMILES string of the molecule is CCOC(C)Oc1cc(C(O)(c2ccccc2)C2C=CC=CC2)c(OC(C)OCC)cc1C(O)(c1ccccc1)c1ccccc1. The summed E-state index contributed by atoms with van der Waals surface area (Å²) in [5.74, 6) is 0.397. The normalized spacial score (nSPS) is 17.2. The molecule has 240 valence electrons. The van der Waals surface area contributed by atoms with Crippen molar-refractivity contribution in [1.82, 2.24) is 0 Å². The summed E-state index contributed by atoms with van der Waals surface area (Å²) >= 11 is 0. The molecule has 4 aromatic carbocycles. The van der Waals surface area contributed by atoms with Gasteiger partial charge in [-0.05, 0) is 62.9 Å². The lowest BCUT2D eigenvalue weighted by molar-refractivity contribution is -0.0678. The molecule has 1 aliphatic rings. The zero-order valence-corrected chi connectivity index (χ0v) is 27.0. The van der Waals surface area contributed by atoms with Crippen LogP contribution in [0.1, 0.15) is 61.9 Å². The van der Waals surface area contributed by atoms with E-state index >= 15 is 0 Å². The molecule has 5 rings (SSSR count). The number of hydrogen-bond acceptors (Lipinski definition) is 6. The Labute approximate surface area is 272 Å². The average molecular weight is 621 g/mol. The maximum atomic E-state index is 13.0. The van der Waals surface area contributed by atoms with Gasteiger partial charge in [-0.1, -0.05) is 115 Å². The molecule has 0 spiro atoms. The molecule has 2 N–H and O–H groups in total. The van der Waals surface area contributed by atoms with Gasteiger partial charge in [-0.15, -0.1) is 0 Å². The topological polar surface area (TPSA) is 77.4 Å². The largest absolute Gasteiger partial charge is 0.465 e. The molecular formula is C40H44O6. The molecule has 46 heavy (non-hydrogen) atoms. The number of hydrogen-bond donors (Lipinski definition) is 2. The first-order valence-corrected chi connectivity index (χ1v) is 16.0. The number of rotatable bonds is 14. The van der Waals surface area contributed by atoms with Crippen molar-refractivity contribution in [2.45, 2.75) is 57.9 Å². The maximum Gasteiger partial charge on any atom is 0.196 e. The molecule has 4 atom stereocenters. The molecule has 0 heterocycles. The van der Waals surface area contributed by atoms with Gasteiger partial charge in [-0.3, -0.25) is 0 Å². The molecular weight excluding hydrogens is 576 g/mol. The third kappa shape index (κ3) is 6.81. The number of allylic oxidation sites excluding steroid dienone is 3. The second-order valence-electron chi connectivity index (χ2n) is 11.4. The second kappa shape index (κ2) is 14.9. The smallest absolute Gasteiger partial charge is 0.196 e. The zero-order chi connectivity index (χ0) is 32.6. The summed E-state index contributed by atoms with van der Waals surface area (Å²) in [6.07, 6.45) is 7.32. The zero-order valence-electron chi connectivity index (χ0n) is 27.0. The molecule has 4 unspecified atom stereocenters. The maximum absolute atomic E-state index is 13.0. The van der Waals surface area contributed by atoms with Crippen molar-refractivity contribution < 1.29 is 29.2 Å². The van der Waals surface area contributed by atoms with E-state index in [1.54, 1.807) is 12.1 Å². The minimum atomic E-state index is -1.66. The summed E-state index contributed by atoms with van der Waals surface area (Å²) in [6, 6.07) is 32.1. The summed E-state index contributed by atoms with van der Waals surface area (Å²) in [5, 5.41) is 26.0. The predicted molar refractivity (Wildman–Crippen MR) is 181 cm³/mol. The van der Waals surface area contributed by atoms with Crippen molar-refractivity contribution >= 4 is 0 Å². The number of benzene rings is 4. The highest BCUT2D eigenvalue weighted by Gasteiger charge is 2.44. The van der Waals surface area contributed by atoms with Crippen LogP contribution in [-0.4, -0.2) is 36.0 Å². The first kappa shape index (κ1) is 33.2. The summed E-state index contributed by atoms with van der Waals surface area (Å²) in [7, 11) is 0. The summed E-state index contributed by atoms with van der Waals surface area (Å²) in [6.45, 7) is 8.32. The lowest BCUT2D eigenvalue weighted by Gasteiger charge is -2.39. The van der Waals surface area contributed by atoms with Crippen molar-refractivity contribution in [3.63, 3.8) is 0 Å². The van der Waals surface area contributed by atoms with Crippen molar-refractivity contribution in [1.29, 1.82) is 0 Å². The van der Waals surface area contributed by atoms with E-state index in [0.29, 0.717) is 59.0 Å². The van der Waals surface area contributed by atoms with Gasteiger partial charge in [0.05, 0.1) is 0 Å². The van der Waals surface area contributed by atoms with Crippen LogP contribution < -0.4 is 9.47 Å².